The van der Waals surface area contributed by atoms with Crippen molar-refractivity contribution in [2.75, 3.05) is 7.05 Å². The van der Waals surface area contributed by atoms with Gasteiger partial charge in [-0.15, -0.1) is 10.2 Å². The molecule has 0 aliphatic rings. The molecule has 126 valence electrons. The quantitative estimate of drug-likeness (QED) is 0.863. The molecule has 2 amide bonds. The van der Waals surface area contributed by atoms with Gasteiger partial charge in [0.05, 0.1) is 6.04 Å². The predicted molar refractivity (Wildman–Crippen MR) is 82.2 cm³/mol. The highest BCUT2D eigenvalue weighted by Crippen LogP contribution is 2.19. The maximum absolute atomic E-state index is 12.4. The Bertz CT molecular complexity index is 649. The second-order valence-electron chi connectivity index (χ2n) is 5.94. The molecule has 0 aromatic carbocycles. The molecule has 0 spiro atoms. The number of aromatic nitrogens is 5. The number of hydrogen-bond donors (Lipinski definition) is 1. The first kappa shape index (κ1) is 16.9. The molecule has 1 atom stereocenters. The van der Waals surface area contributed by atoms with Crippen LogP contribution in [0, 0.1) is 12.8 Å². The summed E-state index contributed by atoms with van der Waals surface area (Å²) in [6, 6.07) is -0.434. The van der Waals surface area contributed by atoms with Crippen LogP contribution in [0.25, 0.3) is 0 Å². The zero-order chi connectivity index (χ0) is 17.0. The molecule has 2 heterocycles. The second kappa shape index (κ2) is 7.21. The highest BCUT2D eigenvalue weighted by atomic mass is 16.4. The second-order valence-corrected chi connectivity index (χ2v) is 5.94. The first-order chi connectivity index (χ1) is 10.9. The Balaban J connectivity index is 2.03. The van der Waals surface area contributed by atoms with E-state index in [0.29, 0.717) is 17.7 Å². The highest BCUT2D eigenvalue weighted by molar-refractivity contribution is 5.74. The van der Waals surface area contributed by atoms with Crippen molar-refractivity contribution < 1.29 is 9.21 Å². The summed E-state index contributed by atoms with van der Waals surface area (Å²) in [4.78, 5) is 18.2. The van der Waals surface area contributed by atoms with Gasteiger partial charge in [0.2, 0.25) is 11.8 Å². The first-order valence-electron chi connectivity index (χ1n) is 7.51. The van der Waals surface area contributed by atoms with Crippen LogP contribution in [0.2, 0.25) is 0 Å². The lowest BCUT2D eigenvalue weighted by molar-refractivity contribution is 0.194. The fraction of sp³-hybridized carbons (Fsp3) is 0.643. The van der Waals surface area contributed by atoms with E-state index in [0.717, 1.165) is 12.2 Å². The molecule has 0 radical (unpaired) electrons. The molecule has 23 heavy (non-hydrogen) atoms. The first-order valence-corrected chi connectivity index (χ1v) is 7.51. The zero-order valence-electron chi connectivity index (χ0n) is 14.1. The average molecular weight is 321 g/mol. The minimum atomic E-state index is -0.227. The van der Waals surface area contributed by atoms with Crippen molar-refractivity contribution in [1.29, 1.82) is 0 Å². The summed E-state index contributed by atoms with van der Waals surface area (Å²) in [5.74, 6) is 2.01. The van der Waals surface area contributed by atoms with E-state index in [-0.39, 0.29) is 18.6 Å². The normalized spacial score (nSPS) is 12.4. The number of carbonyl (C=O) groups excluding carboxylic acids is 1. The van der Waals surface area contributed by atoms with Gasteiger partial charge in [0.15, 0.2) is 0 Å². The van der Waals surface area contributed by atoms with Crippen molar-refractivity contribution in [1.82, 2.24) is 35.2 Å². The van der Waals surface area contributed by atoms with Crippen LogP contribution in [0.1, 0.15) is 43.9 Å². The predicted octanol–water partition coefficient (Wildman–Crippen LogP) is 1.44. The number of nitrogens with zero attached hydrogens (tertiary/aromatic N) is 6. The maximum atomic E-state index is 12.4. The molecule has 2 aromatic heterocycles. The van der Waals surface area contributed by atoms with Crippen molar-refractivity contribution in [3.63, 3.8) is 0 Å². The third kappa shape index (κ3) is 4.51. The lowest BCUT2D eigenvalue weighted by Crippen LogP contribution is -2.40. The summed E-state index contributed by atoms with van der Waals surface area (Å²) in [6.07, 6.45) is 2.26. The number of aryl methyl sites for hydroxylation is 2. The van der Waals surface area contributed by atoms with Crippen LogP contribution in [0.3, 0.4) is 0 Å². The number of carbonyl (C=O) groups is 1. The molecule has 0 unspecified atom stereocenters. The Hall–Kier alpha value is -2.45. The minimum Gasteiger partial charge on any atom is -0.424 e. The Morgan fingerprint density at radius 1 is 1.43 bits per heavy atom. The van der Waals surface area contributed by atoms with Crippen molar-refractivity contribution in [3.05, 3.63) is 23.9 Å². The van der Waals surface area contributed by atoms with Gasteiger partial charge in [-0.25, -0.2) is 9.78 Å². The zero-order valence-corrected chi connectivity index (χ0v) is 14.1. The van der Waals surface area contributed by atoms with Crippen LogP contribution in [-0.4, -0.2) is 42.9 Å². The van der Waals surface area contributed by atoms with E-state index in [1.807, 2.05) is 7.05 Å². The van der Waals surface area contributed by atoms with Crippen LogP contribution in [-0.2, 0) is 13.6 Å². The smallest absolute Gasteiger partial charge is 0.318 e. The molecule has 0 bridgehead atoms. The van der Waals surface area contributed by atoms with E-state index in [9.17, 15) is 4.79 Å². The third-order valence-corrected chi connectivity index (χ3v) is 3.35. The fourth-order valence-electron chi connectivity index (χ4n) is 2.26. The summed E-state index contributed by atoms with van der Waals surface area (Å²) < 4.78 is 6.97. The molecule has 0 aliphatic carbocycles. The summed E-state index contributed by atoms with van der Waals surface area (Å²) in [7, 11) is 3.49. The Kier molecular flexibility index (Phi) is 5.30. The minimum absolute atomic E-state index is 0.207. The molecular weight excluding hydrogens is 298 g/mol. The van der Waals surface area contributed by atoms with Crippen molar-refractivity contribution >= 4 is 6.03 Å². The third-order valence-electron chi connectivity index (χ3n) is 3.35. The SMILES string of the molecule is Cc1nnc(CN(C)C(=O)N[C@H](CC(C)C)c2ncnn2C)o1. The van der Waals surface area contributed by atoms with Crippen LogP contribution in [0.4, 0.5) is 4.79 Å². The number of hydrogen-bond acceptors (Lipinski definition) is 6. The van der Waals surface area contributed by atoms with Crippen molar-refractivity contribution in [2.45, 2.75) is 39.8 Å². The van der Waals surface area contributed by atoms with Gasteiger partial charge < -0.3 is 14.6 Å². The van der Waals surface area contributed by atoms with E-state index < -0.39 is 0 Å². The van der Waals surface area contributed by atoms with Crippen LogP contribution in [0.5, 0.6) is 0 Å². The number of urea groups is 1. The topological polar surface area (TPSA) is 102 Å². The molecule has 0 aliphatic heterocycles. The van der Waals surface area contributed by atoms with Gasteiger partial charge in [-0.3, -0.25) is 4.68 Å². The average Bonchev–Trinajstić information content (AvgIpc) is 3.06. The Labute approximate surface area is 135 Å². The van der Waals surface area contributed by atoms with Gasteiger partial charge in [-0.1, -0.05) is 13.8 Å². The molecular formula is C14H23N7O2. The van der Waals surface area contributed by atoms with Gasteiger partial charge in [-0.2, -0.15) is 5.10 Å². The van der Waals surface area contributed by atoms with Crippen molar-refractivity contribution in [3.8, 4) is 0 Å². The Morgan fingerprint density at radius 2 is 2.17 bits per heavy atom. The summed E-state index contributed by atoms with van der Waals surface area (Å²) in [6.45, 7) is 6.16. The largest absolute Gasteiger partial charge is 0.424 e. The van der Waals surface area contributed by atoms with E-state index in [2.05, 4.69) is 39.4 Å². The lowest BCUT2D eigenvalue weighted by Gasteiger charge is -2.23. The molecule has 9 nitrogen and oxygen atoms in total. The highest BCUT2D eigenvalue weighted by Gasteiger charge is 2.22. The van der Waals surface area contributed by atoms with Gasteiger partial charge in [-0.05, 0) is 12.3 Å². The van der Waals surface area contributed by atoms with E-state index in [1.54, 1.807) is 18.7 Å². The van der Waals surface area contributed by atoms with Crippen LogP contribution < -0.4 is 5.32 Å². The van der Waals surface area contributed by atoms with Gasteiger partial charge in [0.25, 0.3) is 0 Å². The fourth-order valence-corrected chi connectivity index (χ4v) is 2.26. The maximum Gasteiger partial charge on any atom is 0.318 e. The monoisotopic (exact) mass is 321 g/mol. The summed E-state index contributed by atoms with van der Waals surface area (Å²) >= 11 is 0. The number of amides is 2. The molecule has 0 fully saturated rings. The molecule has 2 rings (SSSR count). The van der Waals surface area contributed by atoms with E-state index in [4.69, 9.17) is 4.42 Å². The molecule has 2 aromatic rings. The van der Waals surface area contributed by atoms with E-state index >= 15 is 0 Å². The summed E-state index contributed by atoms with van der Waals surface area (Å²) in [5.41, 5.74) is 0. The lowest BCUT2D eigenvalue weighted by atomic mass is 10.0. The van der Waals surface area contributed by atoms with Gasteiger partial charge >= 0.3 is 6.03 Å². The molecule has 0 saturated heterocycles. The molecule has 9 heteroatoms. The van der Waals surface area contributed by atoms with Gasteiger partial charge in [0.1, 0.15) is 18.7 Å². The van der Waals surface area contributed by atoms with Crippen molar-refractivity contribution in [2.24, 2.45) is 13.0 Å². The standard InChI is InChI=1S/C14H23N7O2/c1-9(2)6-11(13-15-8-16-21(13)5)17-14(22)20(4)7-12-19-18-10(3)23-12/h8-9,11H,6-7H2,1-5H3,(H,17,22)/t11-/m1/s1. The Morgan fingerprint density at radius 3 is 2.70 bits per heavy atom. The number of rotatable bonds is 6. The number of nitrogens with one attached hydrogen (secondary N) is 1. The molecule has 1 N–H and O–H groups in total. The summed E-state index contributed by atoms with van der Waals surface area (Å²) in [5, 5.41) is 14.7. The van der Waals surface area contributed by atoms with Crippen LogP contribution in [0.15, 0.2) is 10.7 Å². The van der Waals surface area contributed by atoms with E-state index in [1.165, 1.54) is 11.2 Å². The molecule has 0 saturated carbocycles. The van der Waals surface area contributed by atoms with Crippen LogP contribution >= 0.6 is 0 Å². The van der Waals surface area contributed by atoms with Gasteiger partial charge in [0, 0.05) is 21.0 Å².